The average Bonchev–Trinajstić information content (AvgIpc) is 2.85. The molecule has 5 heteroatoms. The standard InChI is InChI=1S/C14H13N3O2/c18-13-10(7-8-15-13)14(19)17-12-6-5-9-3-1-2-4-11(9)16-12/h1-6,10H,7-8H2,(H,15,18)(H,16,17,19)/t10-/m1/s1. The molecule has 2 aromatic rings. The summed E-state index contributed by atoms with van der Waals surface area (Å²) >= 11 is 0. The summed E-state index contributed by atoms with van der Waals surface area (Å²) in [5.41, 5.74) is 0.816. The third kappa shape index (κ3) is 2.27. The zero-order valence-electron chi connectivity index (χ0n) is 10.2. The summed E-state index contributed by atoms with van der Waals surface area (Å²) < 4.78 is 0. The molecule has 19 heavy (non-hydrogen) atoms. The van der Waals surface area contributed by atoms with Crippen molar-refractivity contribution in [2.24, 2.45) is 5.92 Å². The number of rotatable bonds is 2. The minimum atomic E-state index is -0.603. The largest absolute Gasteiger partial charge is 0.355 e. The molecule has 1 aliphatic rings. The van der Waals surface area contributed by atoms with Crippen LogP contribution in [-0.4, -0.2) is 23.3 Å². The predicted octanol–water partition coefficient (Wildman–Crippen LogP) is 1.31. The number of nitrogens with one attached hydrogen (secondary N) is 2. The molecule has 5 nitrogen and oxygen atoms in total. The first kappa shape index (κ1) is 11.6. The van der Waals surface area contributed by atoms with Crippen LogP contribution in [0, 0.1) is 5.92 Å². The van der Waals surface area contributed by atoms with Crippen molar-refractivity contribution in [3.8, 4) is 0 Å². The Morgan fingerprint density at radius 2 is 2.11 bits per heavy atom. The van der Waals surface area contributed by atoms with Crippen LogP contribution < -0.4 is 10.6 Å². The molecule has 0 saturated carbocycles. The monoisotopic (exact) mass is 255 g/mol. The van der Waals surface area contributed by atoms with E-state index >= 15 is 0 Å². The third-order valence-electron chi connectivity index (χ3n) is 3.21. The van der Waals surface area contributed by atoms with Gasteiger partial charge in [0.15, 0.2) is 0 Å². The Morgan fingerprint density at radius 1 is 1.26 bits per heavy atom. The van der Waals surface area contributed by atoms with Crippen LogP contribution in [0.5, 0.6) is 0 Å². The Balaban J connectivity index is 1.81. The predicted molar refractivity (Wildman–Crippen MR) is 71.5 cm³/mol. The number of carbonyl (C=O) groups is 2. The zero-order chi connectivity index (χ0) is 13.2. The smallest absolute Gasteiger partial charge is 0.238 e. The number of carbonyl (C=O) groups excluding carboxylic acids is 2. The normalized spacial score (nSPS) is 18.3. The van der Waals surface area contributed by atoms with E-state index < -0.39 is 5.92 Å². The summed E-state index contributed by atoms with van der Waals surface area (Å²) in [5, 5.41) is 6.35. The molecule has 3 rings (SSSR count). The van der Waals surface area contributed by atoms with Gasteiger partial charge in [-0.15, -0.1) is 0 Å². The van der Waals surface area contributed by atoms with Crippen molar-refractivity contribution in [1.82, 2.24) is 10.3 Å². The molecule has 1 aromatic heterocycles. The van der Waals surface area contributed by atoms with E-state index in [0.717, 1.165) is 10.9 Å². The third-order valence-corrected chi connectivity index (χ3v) is 3.21. The number of hydrogen-bond acceptors (Lipinski definition) is 3. The number of anilines is 1. The first-order valence-corrected chi connectivity index (χ1v) is 6.18. The van der Waals surface area contributed by atoms with E-state index in [1.165, 1.54) is 0 Å². The SMILES string of the molecule is O=C1NCC[C@H]1C(=O)Nc1ccc2ccccc2n1. The minimum Gasteiger partial charge on any atom is -0.355 e. The molecule has 2 heterocycles. The number of para-hydroxylation sites is 1. The van der Waals surface area contributed by atoms with Crippen LogP contribution >= 0.6 is 0 Å². The van der Waals surface area contributed by atoms with Crippen LogP contribution in [-0.2, 0) is 9.59 Å². The number of amides is 2. The van der Waals surface area contributed by atoms with Crippen LogP contribution in [0.25, 0.3) is 10.9 Å². The molecule has 0 unspecified atom stereocenters. The Bertz CT molecular complexity index is 654. The highest BCUT2D eigenvalue weighted by atomic mass is 16.2. The lowest BCUT2D eigenvalue weighted by Crippen LogP contribution is -2.30. The molecule has 1 aromatic carbocycles. The van der Waals surface area contributed by atoms with Gasteiger partial charge in [-0.3, -0.25) is 9.59 Å². The van der Waals surface area contributed by atoms with Crippen LogP contribution in [0.15, 0.2) is 36.4 Å². The summed E-state index contributed by atoms with van der Waals surface area (Å²) in [6.45, 7) is 0.558. The number of benzene rings is 1. The van der Waals surface area contributed by atoms with Crippen molar-refractivity contribution in [1.29, 1.82) is 0 Å². The lowest BCUT2D eigenvalue weighted by Gasteiger charge is -2.08. The second kappa shape index (κ2) is 4.68. The van der Waals surface area contributed by atoms with Crippen molar-refractivity contribution < 1.29 is 9.59 Å². The van der Waals surface area contributed by atoms with Crippen molar-refractivity contribution in [3.05, 3.63) is 36.4 Å². The molecule has 0 radical (unpaired) electrons. The van der Waals surface area contributed by atoms with E-state index in [9.17, 15) is 9.59 Å². The van der Waals surface area contributed by atoms with E-state index in [1.807, 2.05) is 30.3 Å². The van der Waals surface area contributed by atoms with Crippen molar-refractivity contribution >= 4 is 28.5 Å². The molecule has 1 saturated heterocycles. The molecule has 0 aliphatic carbocycles. The summed E-state index contributed by atoms with van der Waals surface area (Å²) in [6, 6.07) is 11.3. The zero-order valence-corrected chi connectivity index (χ0v) is 10.2. The Labute approximate surface area is 110 Å². The summed E-state index contributed by atoms with van der Waals surface area (Å²) in [6.07, 6.45) is 0.540. The molecule has 0 bridgehead atoms. The molecule has 1 atom stereocenters. The lowest BCUT2D eigenvalue weighted by molar-refractivity contribution is -0.130. The average molecular weight is 255 g/mol. The topological polar surface area (TPSA) is 71.1 Å². The highest BCUT2D eigenvalue weighted by Gasteiger charge is 2.31. The lowest BCUT2D eigenvalue weighted by atomic mass is 10.1. The molecule has 1 aliphatic heterocycles. The highest BCUT2D eigenvalue weighted by molar-refractivity contribution is 6.07. The number of aromatic nitrogens is 1. The fourth-order valence-corrected chi connectivity index (χ4v) is 2.19. The first-order valence-electron chi connectivity index (χ1n) is 6.18. The highest BCUT2D eigenvalue weighted by Crippen LogP contribution is 2.16. The van der Waals surface area contributed by atoms with Gasteiger partial charge >= 0.3 is 0 Å². The van der Waals surface area contributed by atoms with E-state index in [1.54, 1.807) is 6.07 Å². The fourth-order valence-electron chi connectivity index (χ4n) is 2.19. The maximum absolute atomic E-state index is 11.9. The summed E-state index contributed by atoms with van der Waals surface area (Å²) in [4.78, 5) is 27.7. The minimum absolute atomic E-state index is 0.210. The maximum atomic E-state index is 11.9. The maximum Gasteiger partial charge on any atom is 0.238 e. The number of fused-ring (bicyclic) bond motifs is 1. The van der Waals surface area contributed by atoms with Gasteiger partial charge < -0.3 is 10.6 Å². The van der Waals surface area contributed by atoms with Gasteiger partial charge in [0.1, 0.15) is 11.7 Å². The van der Waals surface area contributed by atoms with Gasteiger partial charge in [-0.25, -0.2) is 4.98 Å². The van der Waals surface area contributed by atoms with E-state index in [2.05, 4.69) is 15.6 Å². The molecule has 2 amide bonds. The van der Waals surface area contributed by atoms with E-state index in [4.69, 9.17) is 0 Å². The van der Waals surface area contributed by atoms with Crippen molar-refractivity contribution in [3.63, 3.8) is 0 Å². The van der Waals surface area contributed by atoms with Gasteiger partial charge in [0, 0.05) is 11.9 Å². The number of pyridine rings is 1. The molecule has 0 spiro atoms. The van der Waals surface area contributed by atoms with Gasteiger partial charge in [0.25, 0.3) is 0 Å². The summed E-state index contributed by atoms with van der Waals surface area (Å²) in [5.74, 6) is -0.632. The van der Waals surface area contributed by atoms with Crippen molar-refractivity contribution in [2.75, 3.05) is 11.9 Å². The molecular weight excluding hydrogens is 242 g/mol. The quantitative estimate of drug-likeness (QED) is 0.795. The number of nitrogens with zero attached hydrogens (tertiary/aromatic N) is 1. The molecule has 2 N–H and O–H groups in total. The van der Waals surface area contributed by atoms with Crippen molar-refractivity contribution in [2.45, 2.75) is 6.42 Å². The second-order valence-corrected chi connectivity index (χ2v) is 4.51. The van der Waals surface area contributed by atoms with Gasteiger partial charge in [0.05, 0.1) is 5.52 Å². The van der Waals surface area contributed by atoms with Gasteiger partial charge in [-0.05, 0) is 24.6 Å². The second-order valence-electron chi connectivity index (χ2n) is 4.51. The first-order chi connectivity index (χ1) is 9.24. The van der Waals surface area contributed by atoms with Gasteiger partial charge in [-0.2, -0.15) is 0 Å². The van der Waals surface area contributed by atoms with Crippen LogP contribution in [0.2, 0.25) is 0 Å². The molecule has 1 fully saturated rings. The Morgan fingerprint density at radius 3 is 2.89 bits per heavy atom. The van der Waals surface area contributed by atoms with Crippen LogP contribution in [0.1, 0.15) is 6.42 Å². The Kier molecular flexibility index (Phi) is 2.87. The van der Waals surface area contributed by atoms with Crippen LogP contribution in [0.4, 0.5) is 5.82 Å². The molecular formula is C14H13N3O2. The number of hydrogen-bond donors (Lipinski definition) is 2. The van der Waals surface area contributed by atoms with Gasteiger partial charge in [0.2, 0.25) is 11.8 Å². The fraction of sp³-hybridized carbons (Fsp3) is 0.214. The van der Waals surface area contributed by atoms with Crippen LogP contribution in [0.3, 0.4) is 0 Å². The van der Waals surface area contributed by atoms with Gasteiger partial charge in [-0.1, -0.05) is 18.2 Å². The van der Waals surface area contributed by atoms with E-state index in [0.29, 0.717) is 18.8 Å². The van der Waals surface area contributed by atoms with E-state index in [-0.39, 0.29) is 11.8 Å². The molecule has 96 valence electrons. The summed E-state index contributed by atoms with van der Waals surface area (Å²) in [7, 11) is 0. The Hall–Kier alpha value is -2.43.